The van der Waals surface area contributed by atoms with Gasteiger partial charge in [0.05, 0.1) is 4.92 Å². The Hall–Kier alpha value is -1.62. The molecule has 0 spiro atoms. The topological polar surface area (TPSA) is 69.2 Å². The molecule has 0 aromatic heterocycles. The lowest BCUT2D eigenvalue weighted by atomic mass is 10.1. The summed E-state index contributed by atoms with van der Waals surface area (Å²) in [6.07, 6.45) is 3.04. The molecule has 80 valence electrons. The van der Waals surface area contributed by atoms with Gasteiger partial charge in [0.15, 0.2) is 5.82 Å². The number of nitrogens with zero attached hydrogens (tertiary/aromatic N) is 1. The van der Waals surface area contributed by atoms with E-state index in [1.165, 1.54) is 12.1 Å². The van der Waals surface area contributed by atoms with Crippen LogP contribution in [0.25, 0.3) is 6.08 Å². The molecule has 1 aromatic rings. The van der Waals surface area contributed by atoms with Crippen molar-refractivity contribution >= 4 is 29.1 Å². The molecule has 1 aromatic carbocycles. The van der Waals surface area contributed by atoms with Crippen LogP contribution in [0.5, 0.6) is 0 Å². The van der Waals surface area contributed by atoms with E-state index in [0.29, 0.717) is 5.56 Å². The van der Waals surface area contributed by atoms with Gasteiger partial charge in [0, 0.05) is 11.9 Å². The maximum absolute atomic E-state index is 13.1. The van der Waals surface area contributed by atoms with Crippen molar-refractivity contribution in [2.75, 3.05) is 11.6 Å². The van der Waals surface area contributed by atoms with Crippen molar-refractivity contribution in [2.45, 2.75) is 0 Å². The van der Waals surface area contributed by atoms with Crippen molar-refractivity contribution < 1.29 is 9.31 Å². The third kappa shape index (κ3) is 2.66. The lowest BCUT2D eigenvalue weighted by molar-refractivity contribution is -0.384. The minimum Gasteiger partial charge on any atom is -0.391 e. The summed E-state index contributed by atoms with van der Waals surface area (Å²) in [5.41, 5.74) is 4.67. The monoisotopic (exact) mass is 230 g/mol. The molecule has 0 saturated carbocycles. The lowest BCUT2D eigenvalue weighted by Crippen LogP contribution is -1.99. The van der Waals surface area contributed by atoms with Gasteiger partial charge in [-0.1, -0.05) is 12.2 Å². The number of nitrogen functional groups attached to an aromatic ring is 1. The van der Waals surface area contributed by atoms with Crippen LogP contribution < -0.4 is 5.73 Å². The highest BCUT2D eigenvalue weighted by Crippen LogP contribution is 2.26. The van der Waals surface area contributed by atoms with E-state index in [1.807, 2.05) is 0 Å². The fourth-order valence-electron chi connectivity index (χ4n) is 1.05. The van der Waals surface area contributed by atoms with Crippen LogP contribution in [0.15, 0.2) is 18.2 Å². The van der Waals surface area contributed by atoms with Crippen molar-refractivity contribution in [3.8, 4) is 0 Å². The molecule has 0 heterocycles. The molecule has 0 aliphatic heterocycles. The van der Waals surface area contributed by atoms with Gasteiger partial charge in [-0.15, -0.1) is 11.6 Å². The second kappa shape index (κ2) is 4.75. The summed E-state index contributed by atoms with van der Waals surface area (Å²) in [6.45, 7) is 0. The Labute approximate surface area is 90.3 Å². The van der Waals surface area contributed by atoms with Crippen LogP contribution in [0, 0.1) is 15.9 Å². The first-order valence-electron chi connectivity index (χ1n) is 4.02. The zero-order valence-electron chi connectivity index (χ0n) is 7.61. The quantitative estimate of drug-likeness (QED) is 0.376. The summed E-state index contributed by atoms with van der Waals surface area (Å²) >= 11 is 5.39. The normalized spacial score (nSPS) is 10.8. The zero-order valence-corrected chi connectivity index (χ0v) is 8.37. The second-order valence-electron chi connectivity index (χ2n) is 2.75. The number of hydrogen-bond donors (Lipinski definition) is 1. The van der Waals surface area contributed by atoms with Crippen molar-refractivity contribution in [1.29, 1.82) is 0 Å². The van der Waals surface area contributed by atoms with Crippen molar-refractivity contribution in [3.63, 3.8) is 0 Å². The van der Waals surface area contributed by atoms with E-state index < -0.39 is 22.1 Å². The van der Waals surface area contributed by atoms with Gasteiger partial charge in [0.2, 0.25) is 0 Å². The van der Waals surface area contributed by atoms with Gasteiger partial charge >= 0.3 is 0 Å². The Balaban J connectivity index is 3.23. The van der Waals surface area contributed by atoms with E-state index in [2.05, 4.69) is 0 Å². The fourth-order valence-corrected chi connectivity index (χ4v) is 1.14. The number of alkyl halides is 1. The number of hydrogen-bond acceptors (Lipinski definition) is 3. The Bertz CT molecular complexity index is 421. The van der Waals surface area contributed by atoms with Crippen LogP contribution >= 0.6 is 11.6 Å². The lowest BCUT2D eigenvalue weighted by Gasteiger charge is -2.00. The van der Waals surface area contributed by atoms with E-state index in [1.54, 1.807) is 6.08 Å². The summed E-state index contributed by atoms with van der Waals surface area (Å²) in [5, 5.41) is 10.5. The highest BCUT2D eigenvalue weighted by molar-refractivity contribution is 6.19. The van der Waals surface area contributed by atoms with Crippen LogP contribution in [0.2, 0.25) is 0 Å². The maximum Gasteiger partial charge on any atom is 0.295 e. The van der Waals surface area contributed by atoms with Gasteiger partial charge in [0.1, 0.15) is 5.69 Å². The molecule has 6 heteroatoms. The molecule has 4 nitrogen and oxygen atoms in total. The minimum absolute atomic E-state index is 0.250. The molecule has 0 aliphatic rings. The minimum atomic E-state index is -0.807. The summed E-state index contributed by atoms with van der Waals surface area (Å²) in [6, 6.07) is 2.31. The van der Waals surface area contributed by atoms with E-state index >= 15 is 0 Å². The number of rotatable bonds is 3. The average Bonchev–Trinajstić information content (AvgIpc) is 2.19. The molecule has 2 N–H and O–H groups in total. The smallest absolute Gasteiger partial charge is 0.295 e. The molecule has 0 saturated heterocycles. The number of nitro benzene ring substituents is 1. The maximum atomic E-state index is 13.1. The van der Waals surface area contributed by atoms with E-state index in [4.69, 9.17) is 17.3 Å². The van der Waals surface area contributed by atoms with Crippen LogP contribution in [0.4, 0.5) is 15.8 Å². The summed E-state index contributed by atoms with van der Waals surface area (Å²) < 4.78 is 13.1. The number of anilines is 1. The molecular formula is C9H8ClFN2O2. The van der Waals surface area contributed by atoms with Gasteiger partial charge in [0.25, 0.3) is 5.69 Å². The molecule has 0 atom stereocenters. The first-order valence-corrected chi connectivity index (χ1v) is 4.55. The molecule has 1 rings (SSSR count). The predicted octanol–water partition coefficient (Wildman–Crippen LogP) is 2.57. The summed E-state index contributed by atoms with van der Waals surface area (Å²) in [4.78, 5) is 9.78. The number of nitro groups is 1. The first-order chi connectivity index (χ1) is 7.06. The average molecular weight is 231 g/mol. The molecule has 0 radical (unpaired) electrons. The third-order valence-corrected chi connectivity index (χ3v) is 1.90. The fraction of sp³-hybridized carbons (Fsp3) is 0.111. The third-order valence-electron chi connectivity index (χ3n) is 1.73. The van der Waals surface area contributed by atoms with Crippen LogP contribution in [-0.2, 0) is 0 Å². The Kier molecular flexibility index (Phi) is 3.62. The van der Waals surface area contributed by atoms with Crippen molar-refractivity contribution in [2.24, 2.45) is 0 Å². The number of benzene rings is 1. The largest absolute Gasteiger partial charge is 0.391 e. The molecule has 0 fully saturated rings. The summed E-state index contributed by atoms with van der Waals surface area (Å²) in [5.74, 6) is -0.557. The zero-order chi connectivity index (χ0) is 11.4. The predicted molar refractivity (Wildman–Crippen MR) is 57.2 cm³/mol. The van der Waals surface area contributed by atoms with Crippen LogP contribution in [0.1, 0.15) is 5.56 Å². The SMILES string of the molecule is Nc1c(F)cc(C=CCCl)cc1[N+](=O)[O-]. The summed E-state index contributed by atoms with van der Waals surface area (Å²) in [7, 11) is 0. The highest BCUT2D eigenvalue weighted by atomic mass is 35.5. The molecule has 15 heavy (non-hydrogen) atoms. The van der Waals surface area contributed by atoms with E-state index in [-0.39, 0.29) is 5.88 Å². The van der Waals surface area contributed by atoms with Crippen molar-refractivity contribution in [3.05, 3.63) is 39.7 Å². The highest BCUT2D eigenvalue weighted by Gasteiger charge is 2.16. The Morgan fingerprint density at radius 2 is 2.27 bits per heavy atom. The number of nitrogens with two attached hydrogens (primary N) is 1. The van der Waals surface area contributed by atoms with Crippen LogP contribution in [-0.4, -0.2) is 10.8 Å². The number of halogens is 2. The van der Waals surface area contributed by atoms with Gasteiger partial charge in [-0.2, -0.15) is 0 Å². The molecule has 0 aliphatic carbocycles. The van der Waals surface area contributed by atoms with E-state index in [9.17, 15) is 14.5 Å². The molecule has 0 bridgehead atoms. The van der Waals surface area contributed by atoms with Gasteiger partial charge in [-0.05, 0) is 11.6 Å². The van der Waals surface area contributed by atoms with Gasteiger partial charge < -0.3 is 5.73 Å². The Morgan fingerprint density at radius 3 is 2.80 bits per heavy atom. The standard InChI is InChI=1S/C9H8ClFN2O2/c10-3-1-2-6-4-7(11)9(12)8(5-6)13(14)15/h1-2,4-5H,3,12H2. The van der Waals surface area contributed by atoms with Crippen molar-refractivity contribution in [1.82, 2.24) is 0 Å². The second-order valence-corrected chi connectivity index (χ2v) is 3.06. The first kappa shape index (κ1) is 11.5. The molecular weight excluding hydrogens is 223 g/mol. The van der Waals surface area contributed by atoms with Gasteiger partial charge in [-0.25, -0.2) is 4.39 Å². The van der Waals surface area contributed by atoms with Crippen LogP contribution in [0.3, 0.4) is 0 Å². The molecule has 0 amide bonds. The Morgan fingerprint density at radius 1 is 1.60 bits per heavy atom. The molecule has 0 unspecified atom stereocenters. The van der Waals surface area contributed by atoms with E-state index in [0.717, 1.165) is 6.07 Å². The number of allylic oxidation sites excluding steroid dienone is 1. The van der Waals surface area contributed by atoms with Gasteiger partial charge in [-0.3, -0.25) is 10.1 Å².